The zero-order valence-corrected chi connectivity index (χ0v) is 12.5. The normalized spacial score (nSPS) is 16.8. The molecule has 1 aromatic heterocycles. The van der Waals surface area contributed by atoms with E-state index >= 15 is 0 Å². The fourth-order valence-electron chi connectivity index (χ4n) is 2.96. The van der Waals surface area contributed by atoms with Gasteiger partial charge in [-0.25, -0.2) is 4.98 Å². The van der Waals surface area contributed by atoms with Crippen LogP contribution in [0.25, 0.3) is 0 Å². The summed E-state index contributed by atoms with van der Waals surface area (Å²) in [6.45, 7) is 4.16. The third kappa shape index (κ3) is 3.08. The molecule has 1 saturated heterocycles. The number of hydrogen-bond donors (Lipinski definition) is 1. The number of aromatic nitrogens is 1. The lowest BCUT2D eigenvalue weighted by Gasteiger charge is -2.28. The van der Waals surface area contributed by atoms with Crippen molar-refractivity contribution in [3.8, 4) is 0 Å². The minimum Gasteiger partial charge on any atom is -0.384 e. The largest absolute Gasteiger partial charge is 0.384 e. The van der Waals surface area contributed by atoms with Crippen LogP contribution >= 0.6 is 0 Å². The minimum absolute atomic E-state index is 0.603. The number of nitrogens with zero attached hydrogens (tertiary/aromatic N) is 2. The Kier molecular flexibility index (Phi) is 4.20. The van der Waals surface area contributed by atoms with Gasteiger partial charge < -0.3 is 10.0 Å². The Morgan fingerprint density at radius 3 is 2.38 bits per heavy atom. The van der Waals surface area contributed by atoms with Crippen LogP contribution in [0.2, 0.25) is 0 Å². The maximum Gasteiger partial charge on any atom is 0.128 e. The standard InChI is InChI=1S/C18H22N2O/c1-14-16(18(21)15-8-4-2-5-9-15)10-11-17(19-14)20-12-6-3-7-13-20/h2,4-5,8-11,18,21H,3,6-7,12-13H2,1H3. The number of pyridine rings is 1. The quantitative estimate of drug-likeness (QED) is 0.936. The number of aliphatic hydroxyl groups excluding tert-OH is 1. The van der Waals surface area contributed by atoms with Gasteiger partial charge in [0.1, 0.15) is 11.9 Å². The molecule has 110 valence electrons. The molecule has 0 saturated carbocycles. The molecule has 1 aliphatic heterocycles. The highest BCUT2D eigenvalue weighted by Gasteiger charge is 2.17. The van der Waals surface area contributed by atoms with Gasteiger partial charge in [-0.15, -0.1) is 0 Å². The Bertz CT molecular complexity index is 591. The number of aryl methyl sites for hydroxylation is 1. The van der Waals surface area contributed by atoms with Crippen LogP contribution in [0, 0.1) is 6.92 Å². The lowest BCUT2D eigenvalue weighted by molar-refractivity contribution is 0.219. The van der Waals surface area contributed by atoms with E-state index in [0.717, 1.165) is 35.7 Å². The molecule has 1 N–H and O–H groups in total. The lowest BCUT2D eigenvalue weighted by Crippen LogP contribution is -2.30. The van der Waals surface area contributed by atoms with E-state index in [4.69, 9.17) is 4.98 Å². The first kappa shape index (κ1) is 14.1. The first-order valence-corrected chi connectivity index (χ1v) is 7.71. The molecule has 1 atom stereocenters. The Morgan fingerprint density at radius 2 is 1.71 bits per heavy atom. The van der Waals surface area contributed by atoms with Crippen LogP contribution in [0.4, 0.5) is 5.82 Å². The molecule has 3 rings (SSSR count). The molecule has 0 radical (unpaired) electrons. The van der Waals surface area contributed by atoms with E-state index in [1.165, 1.54) is 19.3 Å². The number of hydrogen-bond acceptors (Lipinski definition) is 3. The van der Waals surface area contributed by atoms with Crippen molar-refractivity contribution >= 4 is 5.82 Å². The van der Waals surface area contributed by atoms with Gasteiger partial charge in [0.05, 0.1) is 0 Å². The van der Waals surface area contributed by atoms with Crippen molar-refractivity contribution in [3.05, 3.63) is 59.3 Å². The Balaban J connectivity index is 1.84. The highest BCUT2D eigenvalue weighted by atomic mass is 16.3. The van der Waals surface area contributed by atoms with Crippen molar-refractivity contribution in [1.29, 1.82) is 0 Å². The van der Waals surface area contributed by atoms with Crippen LogP contribution in [0.5, 0.6) is 0 Å². The van der Waals surface area contributed by atoms with Crippen molar-refractivity contribution in [2.75, 3.05) is 18.0 Å². The van der Waals surface area contributed by atoms with Crippen molar-refractivity contribution in [3.63, 3.8) is 0 Å². The maximum atomic E-state index is 10.5. The summed E-state index contributed by atoms with van der Waals surface area (Å²) in [6.07, 6.45) is 3.21. The first-order valence-electron chi connectivity index (χ1n) is 7.71. The van der Waals surface area contributed by atoms with E-state index in [2.05, 4.69) is 4.90 Å². The number of anilines is 1. The van der Waals surface area contributed by atoms with Gasteiger partial charge in [-0.05, 0) is 37.8 Å². The van der Waals surface area contributed by atoms with Crippen LogP contribution < -0.4 is 4.90 Å². The molecule has 3 heteroatoms. The summed E-state index contributed by atoms with van der Waals surface area (Å²) >= 11 is 0. The smallest absolute Gasteiger partial charge is 0.128 e. The van der Waals surface area contributed by atoms with Crippen molar-refractivity contribution in [2.45, 2.75) is 32.3 Å². The van der Waals surface area contributed by atoms with E-state index in [0.29, 0.717) is 0 Å². The Hall–Kier alpha value is -1.87. The molecule has 2 heterocycles. The Morgan fingerprint density at radius 1 is 1.00 bits per heavy atom. The number of aliphatic hydroxyl groups is 1. The van der Waals surface area contributed by atoms with E-state index < -0.39 is 6.10 Å². The van der Waals surface area contributed by atoms with E-state index in [1.807, 2.05) is 49.4 Å². The molecule has 21 heavy (non-hydrogen) atoms. The van der Waals surface area contributed by atoms with E-state index in [-0.39, 0.29) is 0 Å². The van der Waals surface area contributed by atoms with Gasteiger partial charge in [0.2, 0.25) is 0 Å². The molecular weight excluding hydrogens is 260 g/mol. The van der Waals surface area contributed by atoms with Crippen LogP contribution in [0.1, 0.15) is 42.2 Å². The topological polar surface area (TPSA) is 36.4 Å². The molecule has 1 fully saturated rings. The van der Waals surface area contributed by atoms with Gasteiger partial charge in [0.15, 0.2) is 0 Å². The second kappa shape index (κ2) is 6.27. The van der Waals surface area contributed by atoms with Gasteiger partial charge in [-0.3, -0.25) is 0 Å². The summed E-state index contributed by atoms with van der Waals surface area (Å²) in [6, 6.07) is 13.8. The molecule has 2 aromatic rings. The second-order valence-corrected chi connectivity index (χ2v) is 5.71. The fraction of sp³-hybridized carbons (Fsp3) is 0.389. The zero-order valence-electron chi connectivity index (χ0n) is 12.5. The highest BCUT2D eigenvalue weighted by molar-refractivity contribution is 5.44. The number of rotatable bonds is 3. The molecule has 1 aromatic carbocycles. The average Bonchev–Trinajstić information content (AvgIpc) is 2.56. The SMILES string of the molecule is Cc1nc(N2CCCCC2)ccc1C(O)c1ccccc1. The van der Waals surface area contributed by atoms with E-state index in [9.17, 15) is 5.11 Å². The second-order valence-electron chi connectivity index (χ2n) is 5.71. The molecule has 0 spiro atoms. The molecule has 0 bridgehead atoms. The van der Waals surface area contributed by atoms with Crippen LogP contribution in [-0.4, -0.2) is 23.2 Å². The third-order valence-electron chi connectivity index (χ3n) is 4.20. The van der Waals surface area contributed by atoms with Crippen molar-refractivity contribution in [2.24, 2.45) is 0 Å². The van der Waals surface area contributed by atoms with Crippen molar-refractivity contribution < 1.29 is 5.11 Å². The molecule has 0 aliphatic carbocycles. The summed E-state index contributed by atoms with van der Waals surface area (Å²) in [4.78, 5) is 7.05. The van der Waals surface area contributed by atoms with E-state index in [1.54, 1.807) is 0 Å². The van der Waals surface area contributed by atoms with Crippen molar-refractivity contribution in [1.82, 2.24) is 4.98 Å². The summed E-state index contributed by atoms with van der Waals surface area (Å²) < 4.78 is 0. The first-order chi connectivity index (χ1) is 10.3. The summed E-state index contributed by atoms with van der Waals surface area (Å²) in [5, 5.41) is 10.5. The molecular formula is C18H22N2O. The molecule has 3 nitrogen and oxygen atoms in total. The van der Waals surface area contributed by atoms with Gasteiger partial charge >= 0.3 is 0 Å². The summed E-state index contributed by atoms with van der Waals surface area (Å²) in [7, 11) is 0. The maximum absolute atomic E-state index is 10.5. The van der Waals surface area contributed by atoms with Gasteiger partial charge in [0.25, 0.3) is 0 Å². The van der Waals surface area contributed by atoms with Crippen LogP contribution in [0.3, 0.4) is 0 Å². The number of piperidine rings is 1. The highest BCUT2D eigenvalue weighted by Crippen LogP contribution is 2.26. The fourth-order valence-corrected chi connectivity index (χ4v) is 2.96. The van der Waals surface area contributed by atoms with Gasteiger partial charge in [0, 0.05) is 24.3 Å². The van der Waals surface area contributed by atoms with Gasteiger partial charge in [-0.1, -0.05) is 36.4 Å². The summed E-state index contributed by atoms with van der Waals surface area (Å²) in [5.74, 6) is 1.04. The monoisotopic (exact) mass is 282 g/mol. The van der Waals surface area contributed by atoms with Gasteiger partial charge in [-0.2, -0.15) is 0 Å². The Labute approximate surface area is 126 Å². The van der Waals surface area contributed by atoms with Crippen LogP contribution in [0.15, 0.2) is 42.5 Å². The summed E-state index contributed by atoms with van der Waals surface area (Å²) in [5.41, 5.74) is 2.71. The molecule has 0 amide bonds. The minimum atomic E-state index is -0.603. The predicted octanol–water partition coefficient (Wildman–Crippen LogP) is 3.46. The predicted molar refractivity (Wildman–Crippen MR) is 85.5 cm³/mol. The lowest BCUT2D eigenvalue weighted by atomic mass is 10.0. The number of benzene rings is 1. The molecule has 1 unspecified atom stereocenters. The van der Waals surface area contributed by atoms with Crippen LogP contribution in [-0.2, 0) is 0 Å². The third-order valence-corrected chi connectivity index (χ3v) is 4.20. The molecule has 1 aliphatic rings. The average molecular weight is 282 g/mol. The zero-order chi connectivity index (χ0) is 14.7.